The van der Waals surface area contributed by atoms with Crippen molar-refractivity contribution in [1.82, 2.24) is 0 Å². The molecule has 4 unspecified atom stereocenters. The highest BCUT2D eigenvalue weighted by Crippen LogP contribution is 2.67. The number of aliphatic hydroxyl groups is 1. The van der Waals surface area contributed by atoms with Crippen LogP contribution in [-0.2, 0) is 0 Å². The Hall–Kier alpha value is -0.300. The van der Waals surface area contributed by atoms with Crippen LogP contribution in [0.15, 0.2) is 11.6 Å². The highest BCUT2D eigenvalue weighted by atomic mass is 16.3. The van der Waals surface area contributed by atoms with Crippen LogP contribution in [0.4, 0.5) is 0 Å². The Morgan fingerprint density at radius 2 is 1.77 bits per heavy atom. The number of hydrogen-bond donors (Lipinski definition) is 1. The molecule has 1 N–H and O–H groups in total. The first-order chi connectivity index (χ1) is 14.2. The molecule has 0 saturated heterocycles. The van der Waals surface area contributed by atoms with Gasteiger partial charge in [-0.1, -0.05) is 66.0 Å². The molecular formula is C29H50O. The molecule has 0 spiro atoms. The highest BCUT2D eigenvalue weighted by molar-refractivity contribution is 5.25. The van der Waals surface area contributed by atoms with Gasteiger partial charge in [0.25, 0.3) is 0 Å². The first-order valence-electron chi connectivity index (χ1n) is 13.6. The fourth-order valence-electron chi connectivity index (χ4n) is 9.30. The fraction of sp³-hybridized carbons (Fsp3) is 0.931. The average molecular weight is 415 g/mol. The van der Waals surface area contributed by atoms with Crippen LogP contribution < -0.4 is 0 Å². The molecule has 4 aliphatic rings. The number of hydrogen-bond acceptors (Lipinski definition) is 1. The molecule has 0 radical (unpaired) electrons. The molecule has 0 aromatic heterocycles. The lowest BCUT2D eigenvalue weighted by molar-refractivity contribution is -0.0575. The summed E-state index contributed by atoms with van der Waals surface area (Å²) < 4.78 is 0. The van der Waals surface area contributed by atoms with E-state index in [1.165, 1.54) is 57.8 Å². The van der Waals surface area contributed by atoms with Gasteiger partial charge in [0, 0.05) is 0 Å². The SMILES string of the molecule is CC[C@H](CC[C@@H](C)C1CCC2C3CC=C4C[C@@H](O)CC[C@]4(C)C3CC[C@@]21C)C(C)C. The molecule has 4 aliphatic carbocycles. The molecular weight excluding hydrogens is 364 g/mol. The van der Waals surface area contributed by atoms with Crippen molar-refractivity contribution in [2.45, 2.75) is 118 Å². The van der Waals surface area contributed by atoms with Crippen molar-refractivity contribution in [1.29, 1.82) is 0 Å². The molecule has 9 atom stereocenters. The molecule has 0 amide bonds. The third-order valence-electron chi connectivity index (χ3n) is 11.3. The summed E-state index contributed by atoms with van der Waals surface area (Å²) in [4.78, 5) is 0. The minimum atomic E-state index is -0.0794. The second kappa shape index (κ2) is 8.57. The van der Waals surface area contributed by atoms with E-state index in [0.29, 0.717) is 10.8 Å². The van der Waals surface area contributed by atoms with E-state index in [1.807, 2.05) is 0 Å². The maximum absolute atomic E-state index is 10.2. The Kier molecular flexibility index (Phi) is 6.53. The van der Waals surface area contributed by atoms with Crippen LogP contribution in [0.5, 0.6) is 0 Å². The van der Waals surface area contributed by atoms with Crippen LogP contribution in [0.1, 0.15) is 112 Å². The van der Waals surface area contributed by atoms with Crippen molar-refractivity contribution in [2.75, 3.05) is 0 Å². The Morgan fingerprint density at radius 3 is 2.47 bits per heavy atom. The molecule has 30 heavy (non-hydrogen) atoms. The number of fused-ring (bicyclic) bond motifs is 5. The molecule has 172 valence electrons. The summed E-state index contributed by atoms with van der Waals surface area (Å²) >= 11 is 0. The van der Waals surface area contributed by atoms with Crippen LogP contribution in [0.3, 0.4) is 0 Å². The van der Waals surface area contributed by atoms with Gasteiger partial charge in [0.2, 0.25) is 0 Å². The number of allylic oxidation sites excluding steroid dienone is 1. The van der Waals surface area contributed by atoms with Crippen LogP contribution in [0.2, 0.25) is 0 Å². The summed E-state index contributed by atoms with van der Waals surface area (Å²) in [6, 6.07) is 0. The third kappa shape index (κ3) is 3.74. The summed E-state index contributed by atoms with van der Waals surface area (Å²) in [7, 11) is 0. The topological polar surface area (TPSA) is 20.2 Å². The molecule has 4 rings (SSSR count). The van der Waals surface area contributed by atoms with Crippen molar-refractivity contribution in [3.8, 4) is 0 Å². The second-order valence-electron chi connectivity index (χ2n) is 12.9. The standard InChI is InChI=1S/C29H50O/c1-7-21(19(2)3)9-8-20(4)25-12-13-26-24-11-10-22-18-23(30)14-16-28(22,5)27(24)15-17-29(25,26)6/h10,19-21,23-27,30H,7-9,11-18H2,1-6H3/t20-,21-,23+,24?,25?,26?,27?,28+,29-/m1/s1. The average Bonchev–Trinajstić information content (AvgIpc) is 3.06. The summed E-state index contributed by atoms with van der Waals surface area (Å²) in [5.41, 5.74) is 2.59. The van der Waals surface area contributed by atoms with Gasteiger partial charge in [-0.25, -0.2) is 0 Å². The third-order valence-corrected chi connectivity index (χ3v) is 11.3. The Labute approximate surface area is 187 Å². The molecule has 0 aliphatic heterocycles. The molecule has 0 aromatic rings. The van der Waals surface area contributed by atoms with E-state index in [1.54, 1.807) is 5.57 Å². The minimum absolute atomic E-state index is 0.0794. The van der Waals surface area contributed by atoms with Crippen LogP contribution >= 0.6 is 0 Å². The van der Waals surface area contributed by atoms with E-state index >= 15 is 0 Å². The molecule has 1 nitrogen and oxygen atoms in total. The lowest BCUT2D eigenvalue weighted by Gasteiger charge is -2.58. The molecule has 3 saturated carbocycles. The zero-order valence-electron chi connectivity index (χ0n) is 20.9. The van der Waals surface area contributed by atoms with Crippen LogP contribution in [0.25, 0.3) is 0 Å². The van der Waals surface area contributed by atoms with E-state index in [9.17, 15) is 5.11 Å². The molecule has 0 heterocycles. The van der Waals surface area contributed by atoms with E-state index in [-0.39, 0.29) is 6.10 Å². The summed E-state index contributed by atoms with van der Waals surface area (Å²) in [6.45, 7) is 15.1. The first-order valence-corrected chi connectivity index (χ1v) is 13.6. The molecule has 3 fully saturated rings. The first kappa shape index (κ1) is 22.9. The van der Waals surface area contributed by atoms with E-state index < -0.39 is 0 Å². The zero-order chi connectivity index (χ0) is 21.7. The van der Waals surface area contributed by atoms with Gasteiger partial charge in [0.05, 0.1) is 6.10 Å². The summed E-state index contributed by atoms with van der Waals surface area (Å²) in [5, 5.41) is 10.2. The Morgan fingerprint density at radius 1 is 1.00 bits per heavy atom. The van der Waals surface area contributed by atoms with Gasteiger partial charge in [-0.15, -0.1) is 0 Å². The minimum Gasteiger partial charge on any atom is -0.393 e. The number of rotatable bonds is 6. The normalized spacial score (nSPS) is 45.3. The molecule has 0 bridgehead atoms. The van der Waals surface area contributed by atoms with Gasteiger partial charge in [0.15, 0.2) is 0 Å². The van der Waals surface area contributed by atoms with Gasteiger partial charge in [-0.05, 0) is 110 Å². The monoisotopic (exact) mass is 414 g/mol. The van der Waals surface area contributed by atoms with Crippen molar-refractivity contribution in [2.24, 2.45) is 52.3 Å². The lowest BCUT2D eigenvalue weighted by Crippen LogP contribution is -2.50. The second-order valence-corrected chi connectivity index (χ2v) is 12.9. The van der Waals surface area contributed by atoms with Crippen molar-refractivity contribution in [3.63, 3.8) is 0 Å². The summed E-state index contributed by atoms with van der Waals surface area (Å²) in [6.07, 6.45) is 17.1. The van der Waals surface area contributed by atoms with Crippen molar-refractivity contribution < 1.29 is 5.11 Å². The van der Waals surface area contributed by atoms with Crippen LogP contribution in [-0.4, -0.2) is 11.2 Å². The zero-order valence-corrected chi connectivity index (χ0v) is 20.9. The maximum atomic E-state index is 10.2. The van der Waals surface area contributed by atoms with Gasteiger partial charge in [-0.3, -0.25) is 0 Å². The van der Waals surface area contributed by atoms with E-state index in [2.05, 4.69) is 47.6 Å². The Balaban J connectivity index is 1.47. The smallest absolute Gasteiger partial charge is 0.0577 e. The van der Waals surface area contributed by atoms with Crippen molar-refractivity contribution in [3.05, 3.63) is 11.6 Å². The van der Waals surface area contributed by atoms with Crippen LogP contribution in [0, 0.1) is 52.3 Å². The highest BCUT2D eigenvalue weighted by Gasteiger charge is 2.59. The summed E-state index contributed by atoms with van der Waals surface area (Å²) in [5.74, 6) is 6.31. The Bertz CT molecular complexity index is 634. The lowest BCUT2D eigenvalue weighted by atomic mass is 9.47. The van der Waals surface area contributed by atoms with Gasteiger partial charge in [0.1, 0.15) is 0 Å². The van der Waals surface area contributed by atoms with Gasteiger partial charge in [-0.2, -0.15) is 0 Å². The largest absolute Gasteiger partial charge is 0.393 e. The van der Waals surface area contributed by atoms with E-state index in [4.69, 9.17) is 0 Å². The van der Waals surface area contributed by atoms with Gasteiger partial charge >= 0.3 is 0 Å². The molecule has 0 aromatic carbocycles. The molecule has 1 heteroatoms. The maximum Gasteiger partial charge on any atom is 0.0577 e. The predicted molar refractivity (Wildman–Crippen MR) is 128 cm³/mol. The predicted octanol–water partition coefficient (Wildman–Crippen LogP) is 8.02. The fourth-order valence-corrected chi connectivity index (χ4v) is 9.30. The quantitative estimate of drug-likeness (QED) is 0.436. The number of aliphatic hydroxyl groups excluding tert-OH is 1. The van der Waals surface area contributed by atoms with Crippen molar-refractivity contribution >= 4 is 0 Å². The van der Waals surface area contributed by atoms with E-state index in [0.717, 1.165) is 54.3 Å². The van der Waals surface area contributed by atoms with Gasteiger partial charge < -0.3 is 5.11 Å².